The molecule has 2 aromatic rings. The van der Waals surface area contributed by atoms with Crippen LogP contribution in [-0.4, -0.2) is 44.0 Å². The van der Waals surface area contributed by atoms with Crippen LogP contribution in [0.2, 0.25) is 0 Å². The highest BCUT2D eigenvalue weighted by molar-refractivity contribution is 6.32. The van der Waals surface area contributed by atoms with Crippen LogP contribution in [0.4, 0.5) is 11.4 Å². The SMILES string of the molecule is CN1CCN(c2ccccc2NC(=O)C(Cl)c2ccccc2)CC1. The number of para-hydroxylation sites is 2. The van der Waals surface area contributed by atoms with Crippen LogP contribution >= 0.6 is 11.6 Å². The van der Waals surface area contributed by atoms with Gasteiger partial charge in [0.1, 0.15) is 5.38 Å². The predicted molar refractivity (Wildman–Crippen MR) is 99.8 cm³/mol. The Morgan fingerprint density at radius 2 is 1.62 bits per heavy atom. The summed E-state index contributed by atoms with van der Waals surface area (Å²) in [6.07, 6.45) is 0. The van der Waals surface area contributed by atoms with E-state index in [9.17, 15) is 4.79 Å². The maximum atomic E-state index is 12.5. The molecular formula is C19H22ClN3O. The number of amides is 1. The van der Waals surface area contributed by atoms with E-state index in [0.29, 0.717) is 0 Å². The smallest absolute Gasteiger partial charge is 0.247 e. The standard InChI is InChI=1S/C19H22ClN3O/c1-22-11-13-23(14-12-22)17-10-6-5-9-16(17)21-19(24)18(20)15-7-3-2-4-8-15/h2-10,18H,11-14H2,1H3,(H,21,24). The lowest BCUT2D eigenvalue weighted by molar-refractivity contribution is -0.116. The third-order valence-electron chi connectivity index (χ3n) is 4.33. The number of benzene rings is 2. The minimum Gasteiger partial charge on any atom is -0.367 e. The third-order valence-corrected chi connectivity index (χ3v) is 4.78. The minimum atomic E-state index is -0.702. The lowest BCUT2D eigenvalue weighted by atomic mass is 10.1. The summed E-state index contributed by atoms with van der Waals surface area (Å²) in [6.45, 7) is 3.94. The second kappa shape index (κ2) is 7.69. The van der Waals surface area contributed by atoms with Crippen molar-refractivity contribution in [2.45, 2.75) is 5.38 Å². The normalized spacial score (nSPS) is 16.7. The zero-order valence-electron chi connectivity index (χ0n) is 13.8. The summed E-state index contributed by atoms with van der Waals surface area (Å²) in [7, 11) is 2.13. The molecule has 4 nitrogen and oxygen atoms in total. The van der Waals surface area contributed by atoms with Gasteiger partial charge in [0.25, 0.3) is 0 Å². The zero-order valence-corrected chi connectivity index (χ0v) is 14.5. The molecule has 1 unspecified atom stereocenters. The Balaban J connectivity index is 1.74. The molecule has 0 bridgehead atoms. The van der Waals surface area contributed by atoms with Gasteiger partial charge < -0.3 is 15.1 Å². The van der Waals surface area contributed by atoms with E-state index in [2.05, 4.69) is 22.2 Å². The fourth-order valence-electron chi connectivity index (χ4n) is 2.87. The molecule has 1 atom stereocenters. The summed E-state index contributed by atoms with van der Waals surface area (Å²) in [5.41, 5.74) is 2.67. The molecule has 0 spiro atoms. The Bertz CT molecular complexity index is 684. The molecule has 3 rings (SSSR count). The monoisotopic (exact) mass is 343 g/mol. The van der Waals surface area contributed by atoms with E-state index in [1.807, 2.05) is 54.6 Å². The minimum absolute atomic E-state index is 0.204. The van der Waals surface area contributed by atoms with Crippen LogP contribution in [0.3, 0.4) is 0 Å². The molecule has 1 fully saturated rings. The molecule has 2 aromatic carbocycles. The average Bonchev–Trinajstić information content (AvgIpc) is 2.63. The van der Waals surface area contributed by atoms with Gasteiger partial charge in [-0.1, -0.05) is 42.5 Å². The van der Waals surface area contributed by atoms with Crippen molar-refractivity contribution in [1.29, 1.82) is 0 Å². The highest BCUT2D eigenvalue weighted by Crippen LogP contribution is 2.29. The van der Waals surface area contributed by atoms with Crippen molar-refractivity contribution in [2.75, 3.05) is 43.4 Å². The van der Waals surface area contributed by atoms with Crippen molar-refractivity contribution in [3.05, 3.63) is 60.2 Å². The molecule has 1 aliphatic heterocycles. The van der Waals surface area contributed by atoms with Gasteiger partial charge in [0.05, 0.1) is 11.4 Å². The molecule has 1 amide bonds. The van der Waals surface area contributed by atoms with Crippen LogP contribution in [0, 0.1) is 0 Å². The second-order valence-electron chi connectivity index (χ2n) is 6.07. The molecule has 0 aromatic heterocycles. The van der Waals surface area contributed by atoms with E-state index in [1.165, 1.54) is 0 Å². The first-order valence-corrected chi connectivity index (χ1v) is 8.61. The first kappa shape index (κ1) is 16.8. The number of hydrogen-bond donors (Lipinski definition) is 1. The molecule has 1 heterocycles. The molecule has 1 N–H and O–H groups in total. The number of nitrogens with one attached hydrogen (secondary N) is 1. The Labute approximate surface area is 148 Å². The quantitative estimate of drug-likeness (QED) is 0.865. The van der Waals surface area contributed by atoms with Crippen molar-refractivity contribution in [1.82, 2.24) is 4.90 Å². The van der Waals surface area contributed by atoms with Gasteiger partial charge in [-0.15, -0.1) is 11.6 Å². The highest BCUT2D eigenvalue weighted by Gasteiger charge is 2.21. The van der Waals surface area contributed by atoms with Crippen molar-refractivity contribution in [3.63, 3.8) is 0 Å². The van der Waals surface area contributed by atoms with E-state index in [4.69, 9.17) is 11.6 Å². The summed E-state index contributed by atoms with van der Waals surface area (Å²) < 4.78 is 0. The molecule has 1 saturated heterocycles. The number of alkyl halides is 1. The number of likely N-dealkylation sites (N-methyl/N-ethyl adjacent to an activating group) is 1. The van der Waals surface area contributed by atoms with Gasteiger partial charge in [0.2, 0.25) is 5.91 Å². The van der Waals surface area contributed by atoms with Crippen molar-refractivity contribution < 1.29 is 4.79 Å². The van der Waals surface area contributed by atoms with Crippen molar-refractivity contribution in [3.8, 4) is 0 Å². The Morgan fingerprint density at radius 1 is 1.00 bits per heavy atom. The van der Waals surface area contributed by atoms with E-state index in [1.54, 1.807) is 0 Å². The van der Waals surface area contributed by atoms with Gasteiger partial charge in [0, 0.05) is 26.2 Å². The van der Waals surface area contributed by atoms with E-state index in [0.717, 1.165) is 43.1 Å². The fourth-order valence-corrected chi connectivity index (χ4v) is 3.07. The topological polar surface area (TPSA) is 35.6 Å². The lowest BCUT2D eigenvalue weighted by Gasteiger charge is -2.35. The summed E-state index contributed by atoms with van der Waals surface area (Å²) in [6, 6.07) is 17.3. The zero-order chi connectivity index (χ0) is 16.9. The van der Waals surface area contributed by atoms with Crippen LogP contribution in [0.15, 0.2) is 54.6 Å². The van der Waals surface area contributed by atoms with Crippen LogP contribution in [0.1, 0.15) is 10.9 Å². The molecule has 0 saturated carbocycles. The van der Waals surface area contributed by atoms with Crippen LogP contribution in [0.25, 0.3) is 0 Å². The Hall–Kier alpha value is -2.04. The maximum absolute atomic E-state index is 12.5. The van der Waals surface area contributed by atoms with E-state index >= 15 is 0 Å². The lowest BCUT2D eigenvalue weighted by Crippen LogP contribution is -2.44. The molecule has 5 heteroatoms. The first-order valence-electron chi connectivity index (χ1n) is 8.17. The number of nitrogens with zero attached hydrogens (tertiary/aromatic N) is 2. The number of rotatable bonds is 4. The predicted octanol–water partition coefficient (Wildman–Crippen LogP) is 3.36. The van der Waals surface area contributed by atoms with Crippen LogP contribution in [0.5, 0.6) is 0 Å². The third kappa shape index (κ3) is 3.89. The first-order chi connectivity index (χ1) is 11.6. The molecular weight excluding hydrogens is 322 g/mol. The number of anilines is 2. The van der Waals surface area contributed by atoms with E-state index < -0.39 is 5.38 Å². The van der Waals surface area contributed by atoms with Crippen molar-refractivity contribution >= 4 is 28.9 Å². The van der Waals surface area contributed by atoms with Crippen LogP contribution in [-0.2, 0) is 4.79 Å². The average molecular weight is 344 g/mol. The van der Waals surface area contributed by atoms with Gasteiger partial charge in [-0.05, 0) is 24.7 Å². The second-order valence-corrected chi connectivity index (χ2v) is 6.51. The molecule has 1 aliphatic rings. The number of piperazine rings is 1. The van der Waals surface area contributed by atoms with E-state index in [-0.39, 0.29) is 5.91 Å². The molecule has 0 radical (unpaired) electrons. The maximum Gasteiger partial charge on any atom is 0.247 e. The fraction of sp³-hybridized carbons (Fsp3) is 0.316. The van der Waals surface area contributed by atoms with Gasteiger partial charge in [-0.3, -0.25) is 4.79 Å². The number of carbonyl (C=O) groups excluding carboxylic acids is 1. The van der Waals surface area contributed by atoms with Gasteiger partial charge >= 0.3 is 0 Å². The summed E-state index contributed by atoms with van der Waals surface area (Å²) in [5.74, 6) is -0.204. The summed E-state index contributed by atoms with van der Waals surface area (Å²) in [5, 5.41) is 2.29. The van der Waals surface area contributed by atoms with Crippen molar-refractivity contribution in [2.24, 2.45) is 0 Å². The largest absolute Gasteiger partial charge is 0.367 e. The summed E-state index contributed by atoms with van der Waals surface area (Å²) in [4.78, 5) is 17.1. The molecule has 0 aliphatic carbocycles. The molecule has 126 valence electrons. The Morgan fingerprint density at radius 3 is 2.33 bits per heavy atom. The van der Waals surface area contributed by atoms with Gasteiger partial charge in [-0.2, -0.15) is 0 Å². The number of carbonyl (C=O) groups is 1. The van der Waals surface area contributed by atoms with Gasteiger partial charge in [-0.25, -0.2) is 0 Å². The number of halogens is 1. The number of hydrogen-bond acceptors (Lipinski definition) is 3. The Kier molecular flexibility index (Phi) is 5.38. The van der Waals surface area contributed by atoms with Crippen LogP contribution < -0.4 is 10.2 Å². The molecule has 24 heavy (non-hydrogen) atoms. The highest BCUT2D eigenvalue weighted by atomic mass is 35.5. The summed E-state index contributed by atoms with van der Waals surface area (Å²) >= 11 is 6.33. The van der Waals surface area contributed by atoms with Gasteiger partial charge in [0.15, 0.2) is 0 Å².